The van der Waals surface area contributed by atoms with Crippen molar-refractivity contribution in [3.8, 4) is 5.75 Å². The summed E-state index contributed by atoms with van der Waals surface area (Å²) < 4.78 is 43.9. The summed E-state index contributed by atoms with van der Waals surface area (Å²) in [5.41, 5.74) is 0.0970. The first-order chi connectivity index (χ1) is 10.8. The topological polar surface area (TPSA) is 46.5 Å². The van der Waals surface area contributed by atoms with Crippen LogP contribution in [0, 0.1) is 3.57 Å². The number of para-hydroxylation sites is 1. The standard InChI is InChI=1S/C16H12F3IO3/c17-16(18,19)9-14(11-6-2-4-8-13(11)21)23-15(22)10-5-1-3-7-12(10)20/h1-8,14,21H,9H2. The molecule has 1 N–H and O–H groups in total. The number of carbonyl (C=O) groups is 1. The number of aromatic hydroxyl groups is 1. The molecule has 0 radical (unpaired) electrons. The smallest absolute Gasteiger partial charge is 0.392 e. The second-order valence-electron chi connectivity index (χ2n) is 4.75. The molecule has 0 saturated heterocycles. The maximum absolute atomic E-state index is 12.8. The van der Waals surface area contributed by atoms with Gasteiger partial charge in [-0.15, -0.1) is 0 Å². The third kappa shape index (κ3) is 4.85. The minimum atomic E-state index is -4.54. The van der Waals surface area contributed by atoms with Crippen molar-refractivity contribution in [1.82, 2.24) is 0 Å². The molecule has 0 aliphatic rings. The lowest BCUT2D eigenvalue weighted by Gasteiger charge is -2.21. The number of hydrogen-bond donors (Lipinski definition) is 1. The third-order valence-corrected chi connectivity index (χ3v) is 3.98. The lowest BCUT2D eigenvalue weighted by molar-refractivity contribution is -0.155. The van der Waals surface area contributed by atoms with Crippen molar-refractivity contribution in [3.05, 3.63) is 63.2 Å². The Kier molecular flexibility index (Phi) is 5.51. The van der Waals surface area contributed by atoms with E-state index >= 15 is 0 Å². The number of halogens is 4. The number of phenolic OH excluding ortho intramolecular Hbond substituents is 1. The first kappa shape index (κ1) is 17.6. The third-order valence-electron chi connectivity index (χ3n) is 3.04. The Morgan fingerprint density at radius 1 is 1.13 bits per heavy atom. The van der Waals surface area contributed by atoms with E-state index in [1.54, 1.807) is 18.2 Å². The molecule has 0 aromatic heterocycles. The molecule has 0 aliphatic carbocycles. The van der Waals surface area contributed by atoms with Crippen LogP contribution in [0.1, 0.15) is 28.4 Å². The molecule has 1 unspecified atom stereocenters. The minimum absolute atomic E-state index is 0.0795. The van der Waals surface area contributed by atoms with Gasteiger partial charge in [0.1, 0.15) is 11.9 Å². The summed E-state index contributed by atoms with van der Waals surface area (Å²) in [6, 6.07) is 11.9. The number of phenols is 1. The summed E-state index contributed by atoms with van der Waals surface area (Å²) in [5, 5.41) is 9.76. The van der Waals surface area contributed by atoms with Crippen molar-refractivity contribution in [2.45, 2.75) is 18.7 Å². The summed E-state index contributed by atoms with van der Waals surface area (Å²) >= 11 is 1.90. The van der Waals surface area contributed by atoms with E-state index in [2.05, 4.69) is 0 Å². The van der Waals surface area contributed by atoms with Crippen LogP contribution in [0.3, 0.4) is 0 Å². The quantitative estimate of drug-likeness (QED) is 0.551. The highest BCUT2D eigenvalue weighted by Crippen LogP contribution is 2.36. The zero-order valence-corrected chi connectivity index (χ0v) is 13.8. The van der Waals surface area contributed by atoms with Crippen molar-refractivity contribution < 1.29 is 27.8 Å². The molecule has 1 atom stereocenters. The van der Waals surface area contributed by atoms with E-state index in [1.165, 1.54) is 30.3 Å². The van der Waals surface area contributed by atoms with Gasteiger partial charge in [-0.3, -0.25) is 0 Å². The number of hydrogen-bond acceptors (Lipinski definition) is 3. The Balaban J connectivity index is 2.30. The average Bonchev–Trinajstić information content (AvgIpc) is 2.46. The summed E-state index contributed by atoms with van der Waals surface area (Å²) in [5.74, 6) is -1.22. The van der Waals surface area contributed by atoms with Gasteiger partial charge in [-0.1, -0.05) is 30.3 Å². The first-order valence-electron chi connectivity index (χ1n) is 6.58. The fraction of sp³-hybridized carbons (Fsp3) is 0.188. The molecular formula is C16H12F3IO3. The molecular weight excluding hydrogens is 424 g/mol. The molecule has 0 aliphatic heterocycles. The van der Waals surface area contributed by atoms with Gasteiger partial charge >= 0.3 is 12.1 Å². The van der Waals surface area contributed by atoms with Gasteiger partial charge in [-0.25, -0.2) is 4.79 Å². The van der Waals surface area contributed by atoms with E-state index in [4.69, 9.17) is 4.74 Å². The second-order valence-corrected chi connectivity index (χ2v) is 5.91. The largest absolute Gasteiger partial charge is 0.508 e. The zero-order chi connectivity index (χ0) is 17.0. The Hall–Kier alpha value is -1.77. The molecule has 0 saturated carbocycles. The van der Waals surface area contributed by atoms with Crippen molar-refractivity contribution >= 4 is 28.6 Å². The van der Waals surface area contributed by atoms with Gasteiger partial charge in [0, 0.05) is 9.13 Å². The Morgan fingerprint density at radius 2 is 1.74 bits per heavy atom. The molecule has 2 aromatic rings. The average molecular weight is 436 g/mol. The Morgan fingerprint density at radius 3 is 2.35 bits per heavy atom. The van der Waals surface area contributed by atoms with Crippen molar-refractivity contribution in [2.75, 3.05) is 0 Å². The Labute approximate surface area is 144 Å². The highest BCUT2D eigenvalue weighted by molar-refractivity contribution is 14.1. The van der Waals surface area contributed by atoms with Gasteiger partial charge in [0.15, 0.2) is 0 Å². The lowest BCUT2D eigenvalue weighted by Crippen LogP contribution is -2.20. The summed E-state index contributed by atoms with van der Waals surface area (Å²) in [6.45, 7) is 0. The molecule has 0 fully saturated rings. The maximum atomic E-state index is 12.8. The van der Waals surface area contributed by atoms with E-state index in [0.29, 0.717) is 3.57 Å². The van der Waals surface area contributed by atoms with Crippen molar-refractivity contribution in [3.63, 3.8) is 0 Å². The summed E-state index contributed by atoms with van der Waals surface area (Å²) in [7, 11) is 0. The fourth-order valence-electron chi connectivity index (χ4n) is 2.00. The van der Waals surface area contributed by atoms with Gasteiger partial charge in [0.05, 0.1) is 12.0 Å². The van der Waals surface area contributed by atoms with E-state index in [9.17, 15) is 23.1 Å². The molecule has 3 nitrogen and oxygen atoms in total. The van der Waals surface area contributed by atoms with Crippen LogP contribution in [0.25, 0.3) is 0 Å². The van der Waals surface area contributed by atoms with Crippen molar-refractivity contribution in [1.29, 1.82) is 0 Å². The molecule has 2 rings (SSSR count). The summed E-state index contributed by atoms with van der Waals surface area (Å²) in [6.07, 6.45) is -7.53. The molecule has 0 heterocycles. The van der Waals surface area contributed by atoms with Gasteiger partial charge < -0.3 is 9.84 Å². The van der Waals surface area contributed by atoms with E-state index in [-0.39, 0.29) is 16.9 Å². The fourth-order valence-corrected chi connectivity index (χ4v) is 2.61. The van der Waals surface area contributed by atoms with Crippen LogP contribution in [-0.4, -0.2) is 17.3 Å². The Bertz CT molecular complexity index is 701. The SMILES string of the molecule is O=C(OC(CC(F)(F)F)c1ccccc1O)c1ccccc1I. The number of esters is 1. The van der Waals surface area contributed by atoms with Crippen LogP contribution in [-0.2, 0) is 4.74 Å². The number of alkyl halides is 3. The number of rotatable bonds is 4. The van der Waals surface area contributed by atoms with Crippen LogP contribution in [0.15, 0.2) is 48.5 Å². The van der Waals surface area contributed by atoms with E-state index in [1.807, 2.05) is 22.6 Å². The zero-order valence-electron chi connectivity index (χ0n) is 11.7. The second kappa shape index (κ2) is 7.20. The number of benzene rings is 2. The van der Waals surface area contributed by atoms with Crippen LogP contribution in [0.2, 0.25) is 0 Å². The normalized spacial score (nSPS) is 12.7. The lowest BCUT2D eigenvalue weighted by atomic mass is 10.0. The molecule has 122 valence electrons. The summed E-state index contributed by atoms with van der Waals surface area (Å²) in [4.78, 5) is 12.2. The van der Waals surface area contributed by atoms with Gasteiger partial charge in [0.25, 0.3) is 0 Å². The van der Waals surface area contributed by atoms with Gasteiger partial charge in [-0.05, 0) is 40.8 Å². The highest BCUT2D eigenvalue weighted by Gasteiger charge is 2.36. The minimum Gasteiger partial charge on any atom is -0.508 e. The molecule has 0 bridgehead atoms. The molecule has 0 amide bonds. The monoisotopic (exact) mass is 436 g/mol. The number of carbonyl (C=O) groups excluding carboxylic acids is 1. The van der Waals surface area contributed by atoms with E-state index < -0.39 is 24.7 Å². The predicted octanol–water partition coefficient (Wildman–Crippen LogP) is 4.85. The van der Waals surface area contributed by atoms with Crippen LogP contribution >= 0.6 is 22.6 Å². The van der Waals surface area contributed by atoms with Gasteiger partial charge in [0.2, 0.25) is 0 Å². The maximum Gasteiger partial charge on any atom is 0.392 e. The molecule has 7 heteroatoms. The van der Waals surface area contributed by atoms with Crippen molar-refractivity contribution in [2.24, 2.45) is 0 Å². The first-order valence-corrected chi connectivity index (χ1v) is 7.66. The predicted molar refractivity (Wildman–Crippen MR) is 86.1 cm³/mol. The highest BCUT2D eigenvalue weighted by atomic mass is 127. The molecule has 2 aromatic carbocycles. The molecule has 23 heavy (non-hydrogen) atoms. The van der Waals surface area contributed by atoms with Gasteiger partial charge in [-0.2, -0.15) is 13.2 Å². The van der Waals surface area contributed by atoms with E-state index in [0.717, 1.165) is 0 Å². The number of ether oxygens (including phenoxy) is 1. The van der Waals surface area contributed by atoms with Crippen LogP contribution < -0.4 is 0 Å². The van der Waals surface area contributed by atoms with Crippen LogP contribution in [0.5, 0.6) is 5.75 Å². The van der Waals surface area contributed by atoms with Crippen LogP contribution in [0.4, 0.5) is 13.2 Å². The molecule has 0 spiro atoms.